The van der Waals surface area contributed by atoms with Crippen molar-refractivity contribution < 1.29 is 0 Å². The molecule has 2 aromatic rings. The van der Waals surface area contributed by atoms with Crippen molar-refractivity contribution in [1.82, 2.24) is 14.8 Å². The van der Waals surface area contributed by atoms with Crippen LogP contribution in [0.4, 0.5) is 5.69 Å². The lowest BCUT2D eigenvalue weighted by Gasteiger charge is -2.10. The second-order valence-corrected chi connectivity index (χ2v) is 4.61. The van der Waals surface area contributed by atoms with Crippen molar-refractivity contribution in [2.75, 3.05) is 5.32 Å². The van der Waals surface area contributed by atoms with E-state index < -0.39 is 0 Å². The zero-order valence-electron chi connectivity index (χ0n) is 10.7. The van der Waals surface area contributed by atoms with Crippen LogP contribution in [-0.4, -0.2) is 14.8 Å². The normalized spacial score (nSPS) is 10.6. The van der Waals surface area contributed by atoms with Gasteiger partial charge in [0.15, 0.2) is 0 Å². The lowest BCUT2D eigenvalue weighted by molar-refractivity contribution is 0.578. The van der Waals surface area contributed by atoms with Gasteiger partial charge in [-0.05, 0) is 31.0 Å². The van der Waals surface area contributed by atoms with E-state index in [4.69, 9.17) is 11.6 Å². The second-order valence-electron chi connectivity index (χ2n) is 4.22. The SMILES string of the molecule is CCCn1nccc1CNc1cnc(Cl)cc1C. The van der Waals surface area contributed by atoms with Crippen LogP contribution in [0.25, 0.3) is 0 Å². The predicted octanol–water partition coefficient (Wildman–Crippen LogP) is 3.26. The van der Waals surface area contributed by atoms with E-state index in [1.54, 1.807) is 6.20 Å². The Balaban J connectivity index is 2.04. The fraction of sp³-hybridized carbons (Fsp3) is 0.385. The van der Waals surface area contributed by atoms with Gasteiger partial charge < -0.3 is 5.32 Å². The molecule has 0 saturated heterocycles. The number of aryl methyl sites for hydroxylation is 2. The first-order chi connectivity index (χ1) is 8.70. The zero-order valence-corrected chi connectivity index (χ0v) is 11.4. The summed E-state index contributed by atoms with van der Waals surface area (Å²) < 4.78 is 2.02. The summed E-state index contributed by atoms with van der Waals surface area (Å²) >= 11 is 5.83. The fourth-order valence-corrected chi connectivity index (χ4v) is 2.03. The van der Waals surface area contributed by atoms with Gasteiger partial charge in [-0.3, -0.25) is 4.68 Å². The quantitative estimate of drug-likeness (QED) is 0.843. The van der Waals surface area contributed by atoms with Crippen molar-refractivity contribution in [2.45, 2.75) is 33.4 Å². The maximum Gasteiger partial charge on any atom is 0.129 e. The van der Waals surface area contributed by atoms with Gasteiger partial charge in [0, 0.05) is 12.7 Å². The molecule has 0 aliphatic rings. The third-order valence-corrected chi connectivity index (χ3v) is 2.98. The Kier molecular flexibility index (Phi) is 4.20. The molecule has 18 heavy (non-hydrogen) atoms. The largest absolute Gasteiger partial charge is 0.378 e. The van der Waals surface area contributed by atoms with Gasteiger partial charge in [-0.15, -0.1) is 0 Å². The minimum atomic E-state index is 0.522. The van der Waals surface area contributed by atoms with Crippen LogP contribution < -0.4 is 5.32 Å². The maximum atomic E-state index is 5.83. The highest BCUT2D eigenvalue weighted by molar-refractivity contribution is 6.29. The van der Waals surface area contributed by atoms with E-state index in [9.17, 15) is 0 Å². The van der Waals surface area contributed by atoms with Gasteiger partial charge in [0.2, 0.25) is 0 Å². The Morgan fingerprint density at radius 2 is 2.28 bits per heavy atom. The van der Waals surface area contributed by atoms with Gasteiger partial charge in [-0.2, -0.15) is 5.10 Å². The van der Waals surface area contributed by atoms with Crippen LogP contribution in [0.15, 0.2) is 24.5 Å². The molecule has 0 radical (unpaired) electrons. The molecule has 0 amide bonds. The molecule has 96 valence electrons. The van der Waals surface area contributed by atoms with E-state index in [1.165, 1.54) is 5.69 Å². The monoisotopic (exact) mass is 264 g/mol. The highest BCUT2D eigenvalue weighted by Crippen LogP contribution is 2.17. The number of aromatic nitrogens is 3. The minimum Gasteiger partial charge on any atom is -0.378 e. The number of nitrogens with zero attached hydrogens (tertiary/aromatic N) is 3. The Hall–Kier alpha value is -1.55. The van der Waals surface area contributed by atoms with Crippen LogP contribution in [0, 0.1) is 6.92 Å². The van der Waals surface area contributed by atoms with Crippen molar-refractivity contribution in [3.8, 4) is 0 Å². The zero-order chi connectivity index (χ0) is 13.0. The van der Waals surface area contributed by atoms with Crippen LogP contribution in [0.3, 0.4) is 0 Å². The third kappa shape index (κ3) is 3.01. The summed E-state index contributed by atoms with van der Waals surface area (Å²) in [6.07, 6.45) is 4.67. The molecule has 0 aliphatic heterocycles. The van der Waals surface area contributed by atoms with Gasteiger partial charge in [-0.25, -0.2) is 4.98 Å². The Bertz CT molecular complexity index is 521. The van der Waals surface area contributed by atoms with Crippen molar-refractivity contribution in [2.24, 2.45) is 0 Å². The summed E-state index contributed by atoms with van der Waals surface area (Å²) in [5.74, 6) is 0. The Morgan fingerprint density at radius 3 is 3.00 bits per heavy atom. The Labute approximate surface area is 112 Å². The predicted molar refractivity (Wildman–Crippen MR) is 73.8 cm³/mol. The third-order valence-electron chi connectivity index (χ3n) is 2.78. The minimum absolute atomic E-state index is 0.522. The molecule has 2 rings (SSSR count). The van der Waals surface area contributed by atoms with Crippen molar-refractivity contribution in [1.29, 1.82) is 0 Å². The summed E-state index contributed by atoms with van der Waals surface area (Å²) in [6.45, 7) is 5.84. The molecule has 0 aromatic carbocycles. The first-order valence-electron chi connectivity index (χ1n) is 6.07. The Morgan fingerprint density at radius 1 is 1.44 bits per heavy atom. The van der Waals surface area contributed by atoms with Crippen LogP contribution in [0.5, 0.6) is 0 Å². The number of hydrogen-bond acceptors (Lipinski definition) is 3. The first-order valence-corrected chi connectivity index (χ1v) is 6.45. The summed E-state index contributed by atoms with van der Waals surface area (Å²) in [5.41, 5.74) is 3.27. The number of anilines is 1. The van der Waals surface area contributed by atoms with Gasteiger partial charge in [0.25, 0.3) is 0 Å². The molecule has 0 unspecified atom stereocenters. The number of rotatable bonds is 5. The molecule has 0 fully saturated rings. The van der Waals surface area contributed by atoms with Gasteiger partial charge in [-0.1, -0.05) is 18.5 Å². The molecule has 1 N–H and O–H groups in total. The number of pyridine rings is 1. The molecule has 0 spiro atoms. The number of hydrogen-bond donors (Lipinski definition) is 1. The van der Waals surface area contributed by atoms with Crippen LogP contribution in [0.2, 0.25) is 5.15 Å². The summed E-state index contributed by atoms with van der Waals surface area (Å²) in [5, 5.41) is 8.18. The van der Waals surface area contributed by atoms with E-state index in [-0.39, 0.29) is 0 Å². The molecule has 0 aliphatic carbocycles. The fourth-order valence-electron chi connectivity index (χ4n) is 1.82. The van der Waals surface area contributed by atoms with E-state index in [1.807, 2.05) is 29.9 Å². The summed E-state index contributed by atoms with van der Waals surface area (Å²) in [7, 11) is 0. The average Bonchev–Trinajstić information content (AvgIpc) is 2.76. The van der Waals surface area contributed by atoms with E-state index >= 15 is 0 Å². The number of halogens is 1. The highest BCUT2D eigenvalue weighted by atomic mass is 35.5. The second kappa shape index (κ2) is 5.87. The maximum absolute atomic E-state index is 5.83. The van der Waals surface area contributed by atoms with Crippen LogP contribution in [-0.2, 0) is 13.1 Å². The van der Waals surface area contributed by atoms with Crippen molar-refractivity contribution in [3.63, 3.8) is 0 Å². The molecular weight excluding hydrogens is 248 g/mol. The van der Waals surface area contributed by atoms with E-state index in [0.29, 0.717) is 5.15 Å². The molecule has 2 aromatic heterocycles. The van der Waals surface area contributed by atoms with Crippen LogP contribution in [0.1, 0.15) is 24.6 Å². The molecule has 0 bridgehead atoms. The van der Waals surface area contributed by atoms with E-state index in [2.05, 4.69) is 22.3 Å². The smallest absolute Gasteiger partial charge is 0.129 e. The topological polar surface area (TPSA) is 42.7 Å². The lowest BCUT2D eigenvalue weighted by atomic mass is 10.2. The van der Waals surface area contributed by atoms with Gasteiger partial charge in [0.1, 0.15) is 5.15 Å². The lowest BCUT2D eigenvalue weighted by Crippen LogP contribution is -2.09. The van der Waals surface area contributed by atoms with Crippen molar-refractivity contribution >= 4 is 17.3 Å². The van der Waals surface area contributed by atoms with Gasteiger partial charge in [0.05, 0.1) is 24.1 Å². The average molecular weight is 265 g/mol. The van der Waals surface area contributed by atoms with Crippen molar-refractivity contribution in [3.05, 3.63) is 40.9 Å². The summed E-state index contributed by atoms with van der Waals surface area (Å²) in [6, 6.07) is 3.88. The number of nitrogens with one attached hydrogen (secondary N) is 1. The molecule has 2 heterocycles. The van der Waals surface area contributed by atoms with Crippen LogP contribution >= 0.6 is 11.6 Å². The first kappa shape index (κ1) is 12.9. The molecule has 4 nitrogen and oxygen atoms in total. The molecular formula is C13H17ClN4. The standard InChI is InChI=1S/C13H17ClN4/c1-3-6-18-11(4-5-17-18)8-15-12-9-16-13(14)7-10(12)2/h4-5,7,9,15H,3,6,8H2,1-2H3. The molecule has 5 heteroatoms. The highest BCUT2D eigenvalue weighted by Gasteiger charge is 2.03. The van der Waals surface area contributed by atoms with E-state index in [0.717, 1.165) is 30.8 Å². The molecule has 0 saturated carbocycles. The molecule has 0 atom stereocenters. The summed E-state index contributed by atoms with van der Waals surface area (Å²) in [4.78, 5) is 4.08. The van der Waals surface area contributed by atoms with Gasteiger partial charge >= 0.3 is 0 Å².